The number of nitrogens with zero attached hydrogens (tertiary/aromatic N) is 3. The number of hydrogen-bond acceptors (Lipinski definition) is 5. The van der Waals surface area contributed by atoms with Gasteiger partial charge in [0.25, 0.3) is 0 Å². The summed E-state index contributed by atoms with van der Waals surface area (Å²) in [5.74, 6) is 0.387. The molecule has 2 heterocycles. The minimum atomic E-state index is -1.07. The Hall–Kier alpha value is -4.30. The summed E-state index contributed by atoms with van der Waals surface area (Å²) in [5, 5.41) is 10.8. The Balaban J connectivity index is 1.17. The van der Waals surface area contributed by atoms with E-state index in [1.165, 1.54) is 15.7 Å². The van der Waals surface area contributed by atoms with Gasteiger partial charge in [0.05, 0.1) is 5.52 Å². The minimum absolute atomic E-state index is 0.0145. The van der Waals surface area contributed by atoms with E-state index in [1.807, 2.05) is 61.5 Å². The smallest absolute Gasteiger partial charge is 0.418 e. The Morgan fingerprint density at radius 2 is 1.48 bits per heavy atom. The quantitative estimate of drug-likeness (QED) is 0.226. The molecular weight excluding hydrogens is 530 g/mol. The van der Waals surface area contributed by atoms with Crippen molar-refractivity contribution < 1.29 is 24.2 Å². The number of benzene rings is 3. The van der Waals surface area contributed by atoms with Crippen LogP contribution in [-0.2, 0) is 24.2 Å². The molecule has 1 atom stereocenters. The van der Waals surface area contributed by atoms with Crippen LogP contribution in [0.1, 0.15) is 43.4 Å². The number of hydrogen-bond donors (Lipinski definition) is 1. The van der Waals surface area contributed by atoms with Gasteiger partial charge >= 0.3 is 12.2 Å². The largest absolute Gasteiger partial charge is 0.475 e. The van der Waals surface area contributed by atoms with Crippen molar-refractivity contribution in [1.82, 2.24) is 14.4 Å². The van der Waals surface area contributed by atoms with Crippen molar-refractivity contribution in [3.8, 4) is 5.88 Å². The second-order valence-corrected chi connectivity index (χ2v) is 10.9. The highest BCUT2D eigenvalue weighted by Gasteiger charge is 2.29. The highest BCUT2D eigenvalue weighted by Crippen LogP contribution is 2.34. The van der Waals surface area contributed by atoms with Crippen LogP contribution in [0.2, 0.25) is 0 Å². The van der Waals surface area contributed by atoms with Crippen LogP contribution < -0.4 is 4.74 Å². The lowest BCUT2D eigenvalue weighted by atomic mass is 10.1. The number of aromatic nitrogens is 1. The van der Waals surface area contributed by atoms with E-state index in [0.717, 1.165) is 24.0 Å². The van der Waals surface area contributed by atoms with Gasteiger partial charge in [-0.2, -0.15) is 0 Å². The third kappa shape index (κ3) is 6.77. The van der Waals surface area contributed by atoms with Gasteiger partial charge in [-0.05, 0) is 30.5 Å². The fraction of sp³-hybridized carbons (Fsp3) is 0.353. The summed E-state index contributed by atoms with van der Waals surface area (Å²) < 4.78 is 13.4. The summed E-state index contributed by atoms with van der Waals surface area (Å²) in [4.78, 5) is 29.2. The monoisotopic (exact) mass is 569 g/mol. The fourth-order valence-corrected chi connectivity index (χ4v) is 5.64. The van der Waals surface area contributed by atoms with E-state index >= 15 is 0 Å². The molecule has 1 amide bonds. The summed E-state index contributed by atoms with van der Waals surface area (Å²) in [7, 11) is 0. The lowest BCUT2D eigenvalue weighted by molar-refractivity contribution is 0.0450. The van der Waals surface area contributed by atoms with Crippen LogP contribution in [-0.4, -0.2) is 63.5 Å². The maximum absolute atomic E-state index is 13.0. The van der Waals surface area contributed by atoms with Crippen LogP contribution in [0.15, 0.2) is 84.9 Å². The summed E-state index contributed by atoms with van der Waals surface area (Å²) >= 11 is 0. The van der Waals surface area contributed by atoms with Gasteiger partial charge in [-0.15, -0.1) is 0 Å². The first kappa shape index (κ1) is 29.2. The van der Waals surface area contributed by atoms with Crippen molar-refractivity contribution in [2.45, 2.75) is 58.3 Å². The van der Waals surface area contributed by atoms with Crippen molar-refractivity contribution in [3.05, 3.63) is 102 Å². The first-order valence-corrected chi connectivity index (χ1v) is 14.7. The Morgan fingerprint density at radius 3 is 2.05 bits per heavy atom. The first-order valence-electron chi connectivity index (χ1n) is 14.7. The zero-order valence-electron chi connectivity index (χ0n) is 24.3. The number of ether oxygens (including phenoxy) is 2. The molecule has 0 spiro atoms. The van der Waals surface area contributed by atoms with Crippen molar-refractivity contribution in [2.24, 2.45) is 0 Å². The Labute approximate surface area is 247 Å². The number of likely N-dealkylation sites (tertiary alicyclic amines) is 1. The van der Waals surface area contributed by atoms with Gasteiger partial charge < -0.3 is 19.5 Å². The molecule has 42 heavy (non-hydrogen) atoms. The molecule has 4 aromatic rings. The number of piperidine rings is 1. The molecule has 0 aliphatic carbocycles. The first-order chi connectivity index (χ1) is 20.4. The molecule has 1 aliphatic rings. The highest BCUT2D eigenvalue weighted by molar-refractivity contribution is 5.94. The number of carbonyl (C=O) groups excluding carboxylic acids is 1. The van der Waals surface area contributed by atoms with Crippen molar-refractivity contribution in [1.29, 1.82) is 0 Å². The molecule has 1 fully saturated rings. The molecule has 1 aliphatic heterocycles. The Bertz CT molecular complexity index is 1440. The number of para-hydroxylation sites is 1. The molecule has 1 saturated heterocycles. The summed E-state index contributed by atoms with van der Waals surface area (Å²) in [6.07, 6.45) is 0.281. The number of rotatable bonds is 10. The van der Waals surface area contributed by atoms with Crippen LogP contribution >= 0.6 is 0 Å². The molecule has 5 rings (SSSR count). The minimum Gasteiger partial charge on any atom is -0.475 e. The normalized spacial score (nSPS) is 14.7. The molecule has 8 nitrogen and oxygen atoms in total. The molecular formula is C34H39N3O5. The highest BCUT2D eigenvalue weighted by atomic mass is 16.6. The third-order valence-electron chi connectivity index (χ3n) is 7.98. The van der Waals surface area contributed by atoms with Crippen LogP contribution in [0.5, 0.6) is 5.88 Å². The number of aryl methyl sites for hydroxylation is 1. The number of carboxylic acid groups (broad SMARTS) is 1. The van der Waals surface area contributed by atoms with E-state index in [-0.39, 0.29) is 24.8 Å². The predicted molar refractivity (Wildman–Crippen MR) is 163 cm³/mol. The Morgan fingerprint density at radius 1 is 0.905 bits per heavy atom. The van der Waals surface area contributed by atoms with Gasteiger partial charge in [-0.25, -0.2) is 14.2 Å². The summed E-state index contributed by atoms with van der Waals surface area (Å²) in [5.41, 5.74) is 3.93. The lowest BCUT2D eigenvalue weighted by Gasteiger charge is -2.33. The average molecular weight is 570 g/mol. The van der Waals surface area contributed by atoms with E-state index in [1.54, 1.807) is 11.0 Å². The van der Waals surface area contributed by atoms with Crippen LogP contribution in [0.3, 0.4) is 0 Å². The number of carbonyl (C=O) groups is 2. The van der Waals surface area contributed by atoms with E-state index in [2.05, 4.69) is 36.1 Å². The standard InChI is InChI=1S/C34H39N3O5/c1-3-29-30-16-10-11-17-31(30)37(33(38)39)32(29)42-28-18-20-35(21-19-28)34(40)41-24-25(2)36(22-26-12-6-4-7-13-26)23-27-14-8-5-9-15-27/h4-17,25,28H,3,18-24H2,1-2H3,(H,38,39)/t25-/m0/s1. The topological polar surface area (TPSA) is 84.2 Å². The fourth-order valence-electron chi connectivity index (χ4n) is 5.64. The van der Waals surface area contributed by atoms with Gasteiger partial charge in [0.1, 0.15) is 12.7 Å². The zero-order valence-corrected chi connectivity index (χ0v) is 24.3. The number of fused-ring (bicyclic) bond motifs is 1. The predicted octanol–water partition coefficient (Wildman–Crippen LogP) is 6.80. The van der Waals surface area contributed by atoms with Crippen molar-refractivity contribution >= 4 is 23.1 Å². The molecule has 0 unspecified atom stereocenters. The van der Waals surface area contributed by atoms with Crippen molar-refractivity contribution in [2.75, 3.05) is 19.7 Å². The Kier molecular flexibility index (Phi) is 9.44. The van der Waals surface area contributed by atoms with E-state index in [0.29, 0.717) is 43.7 Å². The molecule has 3 aromatic carbocycles. The van der Waals surface area contributed by atoms with Crippen molar-refractivity contribution in [3.63, 3.8) is 0 Å². The van der Waals surface area contributed by atoms with Gasteiger partial charge in [-0.1, -0.05) is 85.8 Å². The molecule has 1 aromatic heterocycles. The lowest BCUT2D eigenvalue weighted by Crippen LogP contribution is -2.44. The second-order valence-electron chi connectivity index (χ2n) is 10.9. The van der Waals surface area contributed by atoms with E-state index < -0.39 is 6.09 Å². The second kappa shape index (κ2) is 13.6. The molecule has 0 saturated carbocycles. The van der Waals surface area contributed by atoms with Crippen LogP contribution in [0.4, 0.5) is 9.59 Å². The zero-order chi connectivity index (χ0) is 29.5. The van der Waals surface area contributed by atoms with Gasteiger partial charge in [0.2, 0.25) is 5.88 Å². The average Bonchev–Trinajstić information content (AvgIpc) is 3.33. The van der Waals surface area contributed by atoms with Crippen LogP contribution in [0.25, 0.3) is 10.9 Å². The molecule has 0 bridgehead atoms. The van der Waals surface area contributed by atoms with Crippen LogP contribution in [0, 0.1) is 0 Å². The summed E-state index contributed by atoms with van der Waals surface area (Å²) in [6.45, 7) is 6.86. The summed E-state index contributed by atoms with van der Waals surface area (Å²) in [6, 6.07) is 28.1. The van der Waals surface area contributed by atoms with E-state index in [9.17, 15) is 14.7 Å². The molecule has 0 radical (unpaired) electrons. The van der Waals surface area contributed by atoms with Gasteiger partial charge in [0.15, 0.2) is 0 Å². The van der Waals surface area contributed by atoms with Gasteiger partial charge in [0, 0.05) is 56.0 Å². The number of amides is 1. The maximum atomic E-state index is 13.0. The van der Waals surface area contributed by atoms with E-state index in [4.69, 9.17) is 9.47 Å². The molecule has 8 heteroatoms. The van der Waals surface area contributed by atoms with Gasteiger partial charge in [-0.3, -0.25) is 4.90 Å². The SMILES string of the molecule is CCc1c(OC2CCN(C(=O)OC[C@H](C)N(Cc3ccccc3)Cc3ccccc3)CC2)n(C(=O)O)c2ccccc12. The molecule has 220 valence electrons. The maximum Gasteiger partial charge on any atom is 0.418 e. The third-order valence-corrected chi connectivity index (χ3v) is 7.98. The molecule has 1 N–H and O–H groups in total.